The second-order valence-electron chi connectivity index (χ2n) is 6.68. The molecule has 1 heterocycles. The van der Waals surface area contributed by atoms with Crippen LogP contribution in [0.15, 0.2) is 53.4 Å². The molecular formula is C20H25ClFN3O4S. The van der Waals surface area contributed by atoms with Gasteiger partial charge in [0, 0.05) is 44.8 Å². The lowest BCUT2D eigenvalue weighted by molar-refractivity contribution is 0.0945. The first-order chi connectivity index (χ1) is 13.9. The lowest BCUT2D eigenvalue weighted by Gasteiger charge is -2.34. The average Bonchev–Trinajstić information content (AvgIpc) is 2.74. The van der Waals surface area contributed by atoms with E-state index in [4.69, 9.17) is 4.74 Å². The van der Waals surface area contributed by atoms with E-state index in [1.807, 2.05) is 0 Å². The summed E-state index contributed by atoms with van der Waals surface area (Å²) in [7, 11) is -2.00. The summed E-state index contributed by atoms with van der Waals surface area (Å²) < 4.78 is 45.0. The number of sulfonamides is 1. The van der Waals surface area contributed by atoms with Crippen molar-refractivity contribution in [2.75, 3.05) is 46.4 Å². The van der Waals surface area contributed by atoms with Gasteiger partial charge in [-0.2, -0.15) is 4.31 Å². The Balaban J connectivity index is 0.00000320. The van der Waals surface area contributed by atoms with Gasteiger partial charge in [-0.15, -0.1) is 12.4 Å². The second-order valence-corrected chi connectivity index (χ2v) is 8.62. The lowest BCUT2D eigenvalue weighted by atomic mass is 10.2. The van der Waals surface area contributed by atoms with E-state index in [2.05, 4.69) is 10.2 Å². The molecular weight excluding hydrogens is 433 g/mol. The first-order valence-corrected chi connectivity index (χ1v) is 10.7. The summed E-state index contributed by atoms with van der Waals surface area (Å²) in [5.41, 5.74) is 0.404. The molecule has 1 aliphatic rings. The summed E-state index contributed by atoms with van der Waals surface area (Å²) in [6.07, 6.45) is 0. The zero-order valence-electron chi connectivity index (χ0n) is 16.6. The van der Waals surface area contributed by atoms with Crippen molar-refractivity contribution >= 4 is 28.3 Å². The zero-order chi connectivity index (χ0) is 20.9. The van der Waals surface area contributed by atoms with Gasteiger partial charge in [0.25, 0.3) is 5.91 Å². The van der Waals surface area contributed by atoms with Crippen LogP contribution in [-0.4, -0.2) is 69.9 Å². The highest BCUT2D eigenvalue weighted by Gasteiger charge is 2.28. The van der Waals surface area contributed by atoms with Crippen LogP contribution in [-0.2, 0) is 10.0 Å². The molecule has 164 valence electrons. The number of amides is 1. The number of methoxy groups -OCH3 is 1. The number of piperazine rings is 1. The molecule has 2 aromatic rings. The number of nitrogens with zero attached hydrogens (tertiary/aromatic N) is 2. The monoisotopic (exact) mass is 457 g/mol. The first kappa shape index (κ1) is 24.1. The molecule has 0 atom stereocenters. The largest absolute Gasteiger partial charge is 0.497 e. The molecule has 1 amide bonds. The minimum absolute atomic E-state index is 0. The summed E-state index contributed by atoms with van der Waals surface area (Å²) in [6.45, 7) is 2.99. The third-order valence-electron chi connectivity index (χ3n) is 4.85. The number of carbonyl (C=O) groups is 1. The Morgan fingerprint density at radius 2 is 1.63 bits per heavy atom. The zero-order valence-corrected chi connectivity index (χ0v) is 18.2. The number of halogens is 2. The molecule has 1 N–H and O–H groups in total. The van der Waals surface area contributed by atoms with Crippen molar-refractivity contribution in [3.63, 3.8) is 0 Å². The minimum Gasteiger partial charge on any atom is -0.497 e. The van der Waals surface area contributed by atoms with Crippen LogP contribution in [0.4, 0.5) is 4.39 Å². The Morgan fingerprint density at radius 1 is 1.03 bits per heavy atom. The van der Waals surface area contributed by atoms with Crippen molar-refractivity contribution < 1.29 is 22.3 Å². The quantitative estimate of drug-likeness (QED) is 0.688. The van der Waals surface area contributed by atoms with Crippen molar-refractivity contribution in [1.29, 1.82) is 0 Å². The van der Waals surface area contributed by atoms with E-state index in [0.29, 0.717) is 50.6 Å². The van der Waals surface area contributed by atoms with Crippen LogP contribution < -0.4 is 10.1 Å². The molecule has 0 radical (unpaired) electrons. The summed E-state index contributed by atoms with van der Waals surface area (Å²) in [5, 5.41) is 2.80. The second kappa shape index (κ2) is 10.7. The molecule has 1 aliphatic heterocycles. The Morgan fingerprint density at radius 3 is 2.20 bits per heavy atom. The molecule has 0 aliphatic carbocycles. The summed E-state index contributed by atoms with van der Waals surface area (Å²) in [4.78, 5) is 14.4. The van der Waals surface area contributed by atoms with E-state index in [1.165, 1.54) is 35.7 Å². The fourth-order valence-corrected chi connectivity index (χ4v) is 4.54. The molecule has 10 heteroatoms. The van der Waals surface area contributed by atoms with Gasteiger partial charge in [-0.1, -0.05) is 0 Å². The predicted octanol–water partition coefficient (Wildman–Crippen LogP) is 1.99. The molecule has 3 rings (SSSR count). The minimum atomic E-state index is -3.53. The lowest BCUT2D eigenvalue weighted by Crippen LogP contribution is -2.50. The third kappa shape index (κ3) is 5.91. The Kier molecular flexibility index (Phi) is 8.60. The first-order valence-electron chi connectivity index (χ1n) is 9.30. The van der Waals surface area contributed by atoms with Crippen LogP contribution in [0.25, 0.3) is 0 Å². The van der Waals surface area contributed by atoms with Crippen molar-refractivity contribution in [3.05, 3.63) is 59.9 Å². The van der Waals surface area contributed by atoms with E-state index >= 15 is 0 Å². The molecule has 0 bridgehead atoms. The fourth-order valence-electron chi connectivity index (χ4n) is 3.12. The van der Waals surface area contributed by atoms with Gasteiger partial charge in [0.15, 0.2) is 0 Å². The molecule has 1 fully saturated rings. The van der Waals surface area contributed by atoms with Crippen LogP contribution in [0.2, 0.25) is 0 Å². The van der Waals surface area contributed by atoms with Crippen LogP contribution in [0.3, 0.4) is 0 Å². The number of benzene rings is 2. The molecule has 2 aromatic carbocycles. The summed E-state index contributed by atoms with van der Waals surface area (Å²) in [6, 6.07) is 11.7. The van der Waals surface area contributed by atoms with Gasteiger partial charge in [-0.05, 0) is 48.5 Å². The Labute approximate surface area is 182 Å². The topological polar surface area (TPSA) is 79.0 Å². The normalized spacial score (nSPS) is 15.3. The van der Waals surface area contributed by atoms with E-state index in [0.717, 1.165) is 0 Å². The molecule has 1 saturated heterocycles. The predicted molar refractivity (Wildman–Crippen MR) is 114 cm³/mol. The number of ether oxygens (including phenoxy) is 1. The highest BCUT2D eigenvalue weighted by atomic mass is 35.5. The number of carbonyl (C=O) groups excluding carboxylic acids is 1. The van der Waals surface area contributed by atoms with Gasteiger partial charge in [0.05, 0.1) is 12.0 Å². The van der Waals surface area contributed by atoms with Crippen LogP contribution in [0.1, 0.15) is 10.4 Å². The van der Waals surface area contributed by atoms with Gasteiger partial charge in [-0.3, -0.25) is 9.69 Å². The van der Waals surface area contributed by atoms with E-state index < -0.39 is 10.0 Å². The van der Waals surface area contributed by atoms with Gasteiger partial charge in [-0.25, -0.2) is 12.8 Å². The van der Waals surface area contributed by atoms with Crippen LogP contribution in [0, 0.1) is 5.82 Å². The Hall–Kier alpha value is -2.20. The molecule has 0 spiro atoms. The SMILES string of the molecule is COc1ccc(S(=O)(=O)N2CCN(CCNC(=O)c3ccc(F)cc3)CC2)cc1.Cl. The maximum atomic E-state index is 12.9. The van der Waals surface area contributed by atoms with Gasteiger partial charge >= 0.3 is 0 Å². The number of rotatable bonds is 7. The third-order valence-corrected chi connectivity index (χ3v) is 6.76. The standard InChI is InChI=1S/C20H24FN3O4S.ClH/c1-28-18-6-8-19(9-7-18)29(26,27)24-14-12-23(13-15-24)11-10-22-20(25)16-2-4-17(21)5-3-16;/h2-9H,10-15H2,1H3,(H,22,25);1H. The van der Waals surface area contributed by atoms with E-state index in [9.17, 15) is 17.6 Å². The smallest absolute Gasteiger partial charge is 0.251 e. The molecule has 0 unspecified atom stereocenters. The Bertz CT molecular complexity index is 932. The van der Waals surface area contributed by atoms with E-state index in [1.54, 1.807) is 24.3 Å². The van der Waals surface area contributed by atoms with Gasteiger partial charge < -0.3 is 10.1 Å². The van der Waals surface area contributed by atoms with Crippen molar-refractivity contribution in [1.82, 2.24) is 14.5 Å². The highest BCUT2D eigenvalue weighted by molar-refractivity contribution is 7.89. The highest BCUT2D eigenvalue weighted by Crippen LogP contribution is 2.20. The number of hydrogen-bond acceptors (Lipinski definition) is 5. The van der Waals surface area contributed by atoms with Crippen molar-refractivity contribution in [3.8, 4) is 5.75 Å². The van der Waals surface area contributed by atoms with E-state index in [-0.39, 0.29) is 29.0 Å². The number of hydrogen-bond donors (Lipinski definition) is 1. The molecule has 0 saturated carbocycles. The molecule has 0 aromatic heterocycles. The van der Waals surface area contributed by atoms with Crippen LogP contribution >= 0.6 is 12.4 Å². The number of nitrogens with one attached hydrogen (secondary N) is 1. The average molecular weight is 458 g/mol. The summed E-state index contributed by atoms with van der Waals surface area (Å²) in [5.74, 6) is -0.0359. The van der Waals surface area contributed by atoms with Crippen molar-refractivity contribution in [2.45, 2.75) is 4.90 Å². The van der Waals surface area contributed by atoms with Crippen LogP contribution in [0.5, 0.6) is 5.75 Å². The maximum Gasteiger partial charge on any atom is 0.251 e. The van der Waals surface area contributed by atoms with Gasteiger partial charge in [0.1, 0.15) is 11.6 Å². The maximum absolute atomic E-state index is 12.9. The van der Waals surface area contributed by atoms with Gasteiger partial charge in [0.2, 0.25) is 10.0 Å². The molecule has 30 heavy (non-hydrogen) atoms. The van der Waals surface area contributed by atoms with Crippen molar-refractivity contribution in [2.24, 2.45) is 0 Å². The molecule has 7 nitrogen and oxygen atoms in total. The summed E-state index contributed by atoms with van der Waals surface area (Å²) >= 11 is 0. The fraction of sp³-hybridized carbons (Fsp3) is 0.350.